The van der Waals surface area contributed by atoms with Crippen molar-refractivity contribution in [3.8, 4) is 11.5 Å². The minimum absolute atomic E-state index is 0.0580. The predicted octanol–water partition coefficient (Wildman–Crippen LogP) is 2.34. The second-order valence-corrected chi connectivity index (χ2v) is 6.87. The summed E-state index contributed by atoms with van der Waals surface area (Å²) in [4.78, 5) is 14.2. The van der Waals surface area contributed by atoms with E-state index < -0.39 is 0 Å². The normalized spacial score (nSPS) is 11.4. The van der Waals surface area contributed by atoms with E-state index in [2.05, 4.69) is 24.1 Å². The zero-order valence-corrected chi connectivity index (χ0v) is 15.2. The van der Waals surface area contributed by atoms with Gasteiger partial charge in [0.2, 0.25) is 5.91 Å². The average Bonchev–Trinajstić information content (AvgIpc) is 2.49. The van der Waals surface area contributed by atoms with E-state index in [-0.39, 0.29) is 11.3 Å². The predicted molar refractivity (Wildman–Crippen MR) is 93.2 cm³/mol. The van der Waals surface area contributed by atoms with Crippen LogP contribution in [-0.4, -0.2) is 52.2 Å². The molecule has 1 rings (SSSR count). The monoisotopic (exact) mass is 322 g/mol. The standard InChI is InChI=1S/C18H30N2O3/c1-18(2,13-20(3)4)12-19-17(21)10-8-14-7-9-15(22-5)16(11-14)23-6/h7,9,11H,8,10,12-13H2,1-6H3,(H,19,21). The van der Waals surface area contributed by atoms with Crippen molar-refractivity contribution in [2.45, 2.75) is 26.7 Å². The third kappa shape index (κ3) is 6.91. The van der Waals surface area contributed by atoms with Gasteiger partial charge in [0.25, 0.3) is 0 Å². The highest BCUT2D eigenvalue weighted by atomic mass is 16.5. The summed E-state index contributed by atoms with van der Waals surface area (Å²) in [5.41, 5.74) is 1.12. The number of ether oxygens (including phenoxy) is 2. The Bertz CT molecular complexity index is 513. The molecule has 0 atom stereocenters. The number of methoxy groups -OCH3 is 2. The smallest absolute Gasteiger partial charge is 0.220 e. The zero-order chi connectivity index (χ0) is 17.5. The van der Waals surface area contributed by atoms with Gasteiger partial charge in [-0.15, -0.1) is 0 Å². The minimum atomic E-state index is 0.0580. The Morgan fingerprint density at radius 1 is 1.17 bits per heavy atom. The van der Waals surface area contributed by atoms with E-state index in [1.165, 1.54) is 0 Å². The highest BCUT2D eigenvalue weighted by molar-refractivity contribution is 5.76. The summed E-state index contributed by atoms with van der Waals surface area (Å²) >= 11 is 0. The summed E-state index contributed by atoms with van der Waals surface area (Å²) in [6.07, 6.45) is 1.15. The lowest BCUT2D eigenvalue weighted by atomic mass is 9.93. The molecule has 130 valence electrons. The Kier molecular flexibility index (Phi) is 7.36. The summed E-state index contributed by atoms with van der Waals surface area (Å²) in [5.74, 6) is 1.47. The maximum atomic E-state index is 12.0. The van der Waals surface area contributed by atoms with E-state index in [0.29, 0.717) is 30.9 Å². The van der Waals surface area contributed by atoms with Crippen molar-refractivity contribution in [2.24, 2.45) is 5.41 Å². The number of carbonyl (C=O) groups excluding carboxylic acids is 1. The molecule has 23 heavy (non-hydrogen) atoms. The molecule has 1 aromatic carbocycles. The van der Waals surface area contributed by atoms with Crippen LogP contribution < -0.4 is 14.8 Å². The van der Waals surface area contributed by atoms with Crippen molar-refractivity contribution >= 4 is 5.91 Å². The third-order valence-corrected chi connectivity index (χ3v) is 3.60. The molecular formula is C18H30N2O3. The number of hydrogen-bond acceptors (Lipinski definition) is 4. The molecule has 0 spiro atoms. The maximum Gasteiger partial charge on any atom is 0.220 e. The molecule has 0 aliphatic heterocycles. The summed E-state index contributed by atoms with van der Waals surface area (Å²) < 4.78 is 10.5. The Balaban J connectivity index is 2.47. The molecule has 1 aromatic rings. The molecule has 0 unspecified atom stereocenters. The third-order valence-electron chi connectivity index (χ3n) is 3.60. The van der Waals surface area contributed by atoms with Crippen LogP contribution in [0.15, 0.2) is 18.2 Å². The van der Waals surface area contributed by atoms with Crippen LogP contribution in [0, 0.1) is 5.41 Å². The van der Waals surface area contributed by atoms with Crippen LogP contribution in [0.3, 0.4) is 0 Å². The first-order valence-corrected chi connectivity index (χ1v) is 7.90. The fourth-order valence-corrected chi connectivity index (χ4v) is 2.63. The fourth-order valence-electron chi connectivity index (χ4n) is 2.63. The number of nitrogens with zero attached hydrogens (tertiary/aromatic N) is 1. The van der Waals surface area contributed by atoms with Gasteiger partial charge in [0.1, 0.15) is 0 Å². The Morgan fingerprint density at radius 2 is 1.83 bits per heavy atom. The van der Waals surface area contributed by atoms with E-state index >= 15 is 0 Å². The lowest BCUT2D eigenvalue weighted by molar-refractivity contribution is -0.121. The van der Waals surface area contributed by atoms with Crippen LogP contribution >= 0.6 is 0 Å². The van der Waals surface area contributed by atoms with Crippen molar-refractivity contribution in [1.82, 2.24) is 10.2 Å². The molecule has 0 bridgehead atoms. The van der Waals surface area contributed by atoms with Gasteiger partial charge in [-0.05, 0) is 43.6 Å². The van der Waals surface area contributed by atoms with Crippen molar-refractivity contribution in [2.75, 3.05) is 41.4 Å². The van der Waals surface area contributed by atoms with E-state index in [1.54, 1.807) is 14.2 Å². The first-order valence-electron chi connectivity index (χ1n) is 7.90. The molecule has 0 saturated carbocycles. The van der Waals surface area contributed by atoms with Crippen LogP contribution in [0.25, 0.3) is 0 Å². The molecule has 5 heteroatoms. The van der Waals surface area contributed by atoms with Gasteiger partial charge in [0.15, 0.2) is 11.5 Å². The maximum absolute atomic E-state index is 12.0. The molecular weight excluding hydrogens is 292 g/mol. The van der Waals surface area contributed by atoms with Crippen LogP contribution in [-0.2, 0) is 11.2 Å². The number of rotatable bonds is 9. The van der Waals surface area contributed by atoms with Crippen molar-refractivity contribution in [3.05, 3.63) is 23.8 Å². The van der Waals surface area contributed by atoms with Gasteiger partial charge >= 0.3 is 0 Å². The van der Waals surface area contributed by atoms with E-state index in [0.717, 1.165) is 12.1 Å². The SMILES string of the molecule is COc1ccc(CCC(=O)NCC(C)(C)CN(C)C)cc1OC. The number of amides is 1. The van der Waals surface area contributed by atoms with Gasteiger partial charge in [-0.1, -0.05) is 19.9 Å². The van der Waals surface area contributed by atoms with Gasteiger partial charge in [-0.2, -0.15) is 0 Å². The molecule has 0 fully saturated rings. The largest absolute Gasteiger partial charge is 0.493 e. The molecule has 0 saturated heterocycles. The highest BCUT2D eigenvalue weighted by Gasteiger charge is 2.19. The van der Waals surface area contributed by atoms with Gasteiger partial charge in [-0.25, -0.2) is 0 Å². The van der Waals surface area contributed by atoms with Crippen LogP contribution in [0.1, 0.15) is 25.8 Å². The van der Waals surface area contributed by atoms with Crippen molar-refractivity contribution in [3.63, 3.8) is 0 Å². The summed E-state index contributed by atoms with van der Waals surface area (Å²) in [5, 5.41) is 3.03. The van der Waals surface area contributed by atoms with Gasteiger partial charge in [0.05, 0.1) is 14.2 Å². The van der Waals surface area contributed by atoms with E-state index in [4.69, 9.17) is 9.47 Å². The molecule has 1 N–H and O–H groups in total. The van der Waals surface area contributed by atoms with Crippen LogP contribution in [0.2, 0.25) is 0 Å². The van der Waals surface area contributed by atoms with Crippen LogP contribution in [0.4, 0.5) is 0 Å². The molecule has 0 heterocycles. The summed E-state index contributed by atoms with van der Waals surface area (Å²) in [6, 6.07) is 5.75. The van der Waals surface area contributed by atoms with E-state index in [1.807, 2.05) is 32.3 Å². The number of carbonyl (C=O) groups is 1. The summed E-state index contributed by atoms with van der Waals surface area (Å²) in [7, 11) is 7.31. The quantitative estimate of drug-likeness (QED) is 0.758. The Labute approximate surface area is 140 Å². The molecule has 5 nitrogen and oxygen atoms in total. The first kappa shape index (κ1) is 19.3. The van der Waals surface area contributed by atoms with Crippen molar-refractivity contribution < 1.29 is 14.3 Å². The van der Waals surface area contributed by atoms with Gasteiger partial charge in [0, 0.05) is 19.5 Å². The fraction of sp³-hybridized carbons (Fsp3) is 0.611. The molecule has 0 aromatic heterocycles. The molecule has 0 aliphatic carbocycles. The first-order chi connectivity index (χ1) is 10.8. The molecule has 0 aliphatic rings. The Hall–Kier alpha value is -1.75. The average molecular weight is 322 g/mol. The molecule has 0 radical (unpaired) electrons. The highest BCUT2D eigenvalue weighted by Crippen LogP contribution is 2.27. The second kappa shape index (κ2) is 8.77. The Morgan fingerprint density at radius 3 is 2.39 bits per heavy atom. The van der Waals surface area contributed by atoms with Gasteiger partial charge < -0.3 is 19.7 Å². The minimum Gasteiger partial charge on any atom is -0.493 e. The second-order valence-electron chi connectivity index (χ2n) is 6.87. The van der Waals surface area contributed by atoms with Gasteiger partial charge in [-0.3, -0.25) is 4.79 Å². The lowest BCUT2D eigenvalue weighted by Gasteiger charge is -2.28. The summed E-state index contributed by atoms with van der Waals surface area (Å²) in [6.45, 7) is 5.92. The van der Waals surface area contributed by atoms with Crippen LogP contribution in [0.5, 0.6) is 11.5 Å². The number of aryl methyl sites for hydroxylation is 1. The van der Waals surface area contributed by atoms with Crippen molar-refractivity contribution in [1.29, 1.82) is 0 Å². The zero-order valence-electron chi connectivity index (χ0n) is 15.2. The topological polar surface area (TPSA) is 50.8 Å². The number of nitrogens with one attached hydrogen (secondary N) is 1. The lowest BCUT2D eigenvalue weighted by Crippen LogP contribution is -2.40. The number of benzene rings is 1. The number of hydrogen-bond donors (Lipinski definition) is 1. The van der Waals surface area contributed by atoms with E-state index in [9.17, 15) is 4.79 Å². The molecule has 1 amide bonds.